The molecule has 1 saturated carbocycles. The van der Waals surface area contributed by atoms with Crippen molar-refractivity contribution in [3.8, 4) is 5.75 Å². The first-order valence-corrected chi connectivity index (χ1v) is 11.3. The molecular formula is C24H28N6O2. The van der Waals surface area contributed by atoms with Crippen molar-refractivity contribution in [1.29, 1.82) is 0 Å². The number of carbonyl (C=O) groups excluding carboxylic acids is 1. The van der Waals surface area contributed by atoms with Crippen molar-refractivity contribution in [2.24, 2.45) is 15.9 Å². The predicted molar refractivity (Wildman–Crippen MR) is 124 cm³/mol. The molecule has 1 aliphatic carbocycles. The minimum Gasteiger partial charge on any atom is -0.441 e. The number of nitrogens with one attached hydrogen (secondary N) is 3. The zero-order chi connectivity index (χ0) is 21.8. The summed E-state index contributed by atoms with van der Waals surface area (Å²) in [4.78, 5) is 25.6. The summed E-state index contributed by atoms with van der Waals surface area (Å²) in [6.07, 6.45) is 9.34. The second-order valence-electron chi connectivity index (χ2n) is 8.49. The standard InChI is InChI=1S/C24H28N6O2/c31-23(16-5-6-16)29-18-7-9-20(10-8-18)32-24-21(27-14-19-4-2-12-26-19)15-28-22(30-24)17-3-1-11-25-13-17/h1,3,7-11,13,15-16,19,21-22,26-27H,2,4-6,12,14H2,(H,29,31). The van der Waals surface area contributed by atoms with E-state index in [0.29, 0.717) is 17.7 Å². The Balaban J connectivity index is 1.29. The van der Waals surface area contributed by atoms with Crippen LogP contribution in [0.5, 0.6) is 5.75 Å². The van der Waals surface area contributed by atoms with Gasteiger partial charge in [-0.15, -0.1) is 0 Å². The van der Waals surface area contributed by atoms with Crippen molar-refractivity contribution in [3.05, 3.63) is 54.4 Å². The van der Waals surface area contributed by atoms with E-state index in [1.165, 1.54) is 6.42 Å². The molecule has 2 fully saturated rings. The normalized spacial score (nSPS) is 24.8. The number of rotatable bonds is 7. The average Bonchev–Trinajstić information content (AvgIpc) is 3.56. The number of nitrogens with zero attached hydrogens (tertiary/aromatic N) is 3. The Labute approximate surface area is 187 Å². The Morgan fingerprint density at radius 2 is 2.03 bits per heavy atom. The van der Waals surface area contributed by atoms with Gasteiger partial charge in [-0.25, -0.2) is 4.99 Å². The van der Waals surface area contributed by atoms with E-state index < -0.39 is 0 Å². The summed E-state index contributed by atoms with van der Waals surface area (Å²) in [5, 5.41) is 9.97. The van der Waals surface area contributed by atoms with Crippen LogP contribution in [-0.4, -0.2) is 48.2 Å². The topological polar surface area (TPSA) is 100 Å². The zero-order valence-electron chi connectivity index (χ0n) is 17.9. The number of hydrogen-bond acceptors (Lipinski definition) is 7. The Morgan fingerprint density at radius 1 is 1.16 bits per heavy atom. The molecule has 8 nitrogen and oxygen atoms in total. The number of benzene rings is 1. The number of hydrogen-bond donors (Lipinski definition) is 3. The van der Waals surface area contributed by atoms with E-state index >= 15 is 0 Å². The Kier molecular flexibility index (Phi) is 6.22. The first kappa shape index (κ1) is 20.8. The minimum absolute atomic E-state index is 0.0932. The highest BCUT2D eigenvalue weighted by atomic mass is 16.5. The SMILES string of the molecule is O=C(Nc1ccc(OC2=NC(c3cccnc3)N=CC2NCC2CCCN2)cc1)C1CC1. The highest BCUT2D eigenvalue weighted by Crippen LogP contribution is 2.30. The number of aromatic nitrogens is 1. The van der Waals surface area contributed by atoms with Crippen LogP contribution in [0.25, 0.3) is 0 Å². The van der Waals surface area contributed by atoms with Gasteiger partial charge < -0.3 is 15.4 Å². The quantitative estimate of drug-likeness (QED) is 0.625. The van der Waals surface area contributed by atoms with Gasteiger partial charge in [-0.3, -0.25) is 20.1 Å². The maximum atomic E-state index is 12.0. The smallest absolute Gasteiger partial charge is 0.227 e. The summed E-state index contributed by atoms with van der Waals surface area (Å²) in [7, 11) is 0. The van der Waals surface area contributed by atoms with Gasteiger partial charge in [0.15, 0.2) is 6.17 Å². The summed E-state index contributed by atoms with van der Waals surface area (Å²) >= 11 is 0. The van der Waals surface area contributed by atoms with E-state index in [1.54, 1.807) is 12.4 Å². The van der Waals surface area contributed by atoms with Gasteiger partial charge in [0, 0.05) is 48.4 Å². The summed E-state index contributed by atoms with van der Waals surface area (Å²) in [5.74, 6) is 1.50. The van der Waals surface area contributed by atoms with Gasteiger partial charge in [-0.2, -0.15) is 0 Å². The molecule has 0 spiro atoms. The molecule has 1 amide bonds. The van der Waals surface area contributed by atoms with Gasteiger partial charge in [0.25, 0.3) is 0 Å². The molecule has 3 unspecified atom stereocenters. The third kappa shape index (κ3) is 5.20. The molecule has 3 heterocycles. The van der Waals surface area contributed by atoms with Gasteiger partial charge in [0.05, 0.1) is 0 Å². The number of amides is 1. The largest absolute Gasteiger partial charge is 0.441 e. The molecule has 1 aromatic heterocycles. The highest BCUT2D eigenvalue weighted by molar-refractivity contribution is 6.00. The van der Waals surface area contributed by atoms with Crippen molar-refractivity contribution in [2.45, 2.75) is 43.9 Å². The fraction of sp³-hybridized carbons (Fsp3) is 0.417. The molecule has 1 saturated heterocycles. The zero-order valence-corrected chi connectivity index (χ0v) is 17.9. The van der Waals surface area contributed by atoms with Crippen molar-refractivity contribution in [2.75, 3.05) is 18.4 Å². The van der Waals surface area contributed by atoms with Gasteiger partial charge >= 0.3 is 0 Å². The second kappa shape index (κ2) is 9.58. The van der Waals surface area contributed by atoms with Crippen LogP contribution in [0.3, 0.4) is 0 Å². The Morgan fingerprint density at radius 3 is 2.75 bits per heavy atom. The first-order chi connectivity index (χ1) is 15.7. The lowest BCUT2D eigenvalue weighted by Gasteiger charge is -2.24. The number of ether oxygens (including phenoxy) is 1. The fourth-order valence-electron chi connectivity index (χ4n) is 3.90. The average molecular weight is 433 g/mol. The van der Waals surface area contributed by atoms with Crippen molar-refractivity contribution < 1.29 is 9.53 Å². The van der Waals surface area contributed by atoms with E-state index in [9.17, 15) is 4.79 Å². The summed E-state index contributed by atoms with van der Waals surface area (Å²) < 4.78 is 6.20. The Bertz CT molecular complexity index is 981. The number of pyridine rings is 1. The third-order valence-electron chi connectivity index (χ3n) is 5.91. The lowest BCUT2D eigenvalue weighted by Crippen LogP contribution is -2.47. The Hall–Kier alpha value is -3.10. The summed E-state index contributed by atoms with van der Waals surface area (Å²) in [6.45, 7) is 1.89. The van der Waals surface area contributed by atoms with Crippen molar-refractivity contribution >= 4 is 23.7 Å². The molecule has 3 aliphatic rings. The molecule has 1 aromatic carbocycles. The van der Waals surface area contributed by atoms with Gasteiger partial charge in [-0.1, -0.05) is 6.07 Å². The van der Waals surface area contributed by atoms with Gasteiger partial charge in [0.1, 0.15) is 11.8 Å². The van der Waals surface area contributed by atoms with Crippen LogP contribution in [-0.2, 0) is 4.79 Å². The van der Waals surface area contributed by atoms with E-state index in [-0.39, 0.29) is 24.0 Å². The third-order valence-corrected chi connectivity index (χ3v) is 5.91. The van der Waals surface area contributed by atoms with Crippen LogP contribution in [0.1, 0.15) is 37.4 Å². The number of aliphatic imine (C=N–C) groups is 2. The molecule has 5 rings (SSSR count). The maximum absolute atomic E-state index is 12.0. The van der Waals surface area contributed by atoms with Crippen LogP contribution < -0.4 is 20.7 Å². The highest BCUT2D eigenvalue weighted by Gasteiger charge is 2.29. The molecule has 0 bridgehead atoms. The van der Waals surface area contributed by atoms with E-state index in [4.69, 9.17) is 9.73 Å². The van der Waals surface area contributed by atoms with Crippen LogP contribution in [0.15, 0.2) is 58.8 Å². The van der Waals surface area contributed by atoms with Gasteiger partial charge in [-0.05, 0) is 62.6 Å². The van der Waals surface area contributed by atoms with Crippen LogP contribution in [0.2, 0.25) is 0 Å². The van der Waals surface area contributed by atoms with E-state index in [0.717, 1.165) is 43.6 Å². The first-order valence-electron chi connectivity index (χ1n) is 11.3. The molecule has 166 valence electrons. The molecule has 2 aliphatic heterocycles. The van der Waals surface area contributed by atoms with Crippen LogP contribution in [0.4, 0.5) is 5.69 Å². The lowest BCUT2D eigenvalue weighted by atomic mass is 10.1. The molecule has 32 heavy (non-hydrogen) atoms. The van der Waals surface area contributed by atoms with Crippen LogP contribution in [0, 0.1) is 5.92 Å². The summed E-state index contributed by atoms with van der Waals surface area (Å²) in [5.41, 5.74) is 1.69. The van der Waals surface area contributed by atoms with Crippen LogP contribution >= 0.6 is 0 Å². The molecule has 8 heteroatoms. The number of anilines is 1. The number of carbonyl (C=O) groups is 1. The maximum Gasteiger partial charge on any atom is 0.227 e. The molecule has 3 atom stereocenters. The molecule has 3 N–H and O–H groups in total. The molecule has 0 radical (unpaired) electrons. The predicted octanol–water partition coefficient (Wildman–Crippen LogP) is 2.70. The van der Waals surface area contributed by atoms with E-state index in [2.05, 4.69) is 25.9 Å². The van der Waals surface area contributed by atoms with Crippen molar-refractivity contribution in [3.63, 3.8) is 0 Å². The monoisotopic (exact) mass is 432 g/mol. The van der Waals surface area contributed by atoms with Gasteiger partial charge in [0.2, 0.25) is 11.8 Å². The lowest BCUT2D eigenvalue weighted by molar-refractivity contribution is -0.117. The second-order valence-corrected chi connectivity index (χ2v) is 8.49. The summed E-state index contributed by atoms with van der Waals surface area (Å²) in [6, 6.07) is 11.5. The van der Waals surface area contributed by atoms with Crippen molar-refractivity contribution in [1.82, 2.24) is 15.6 Å². The molecule has 2 aromatic rings. The molecular weight excluding hydrogens is 404 g/mol. The van der Waals surface area contributed by atoms with E-state index in [1.807, 2.05) is 42.6 Å². The fourth-order valence-corrected chi connectivity index (χ4v) is 3.90. The minimum atomic E-state index is -0.376.